The van der Waals surface area contributed by atoms with Gasteiger partial charge < -0.3 is 13.7 Å². The van der Waals surface area contributed by atoms with E-state index in [0.29, 0.717) is 22.7 Å². The lowest BCUT2D eigenvalue weighted by Gasteiger charge is -2.02. The highest BCUT2D eigenvalue weighted by Crippen LogP contribution is 2.29. The van der Waals surface area contributed by atoms with Crippen molar-refractivity contribution >= 4 is 38.4 Å². The molecule has 132 valence electrons. The summed E-state index contributed by atoms with van der Waals surface area (Å²) in [5.74, 6) is 0.458. The SMILES string of the molecule is CCOc1cccc2cc(C(=O)N=c3sc4ccccc4n3CC)oc12. The molecule has 4 rings (SSSR count). The van der Waals surface area contributed by atoms with Gasteiger partial charge in [0.2, 0.25) is 0 Å². The van der Waals surface area contributed by atoms with Gasteiger partial charge in [-0.3, -0.25) is 4.79 Å². The standard InChI is InChI=1S/C20H18N2O3S/c1-3-22-14-9-5-6-11-17(14)26-20(22)21-19(23)16-12-13-8-7-10-15(24-4-2)18(13)25-16/h5-12H,3-4H2,1-2H3. The molecule has 0 radical (unpaired) electrons. The van der Waals surface area contributed by atoms with Crippen molar-refractivity contribution in [3.8, 4) is 5.75 Å². The number of thiazole rings is 1. The quantitative estimate of drug-likeness (QED) is 0.530. The molecule has 0 atom stereocenters. The van der Waals surface area contributed by atoms with Crippen LogP contribution < -0.4 is 9.54 Å². The Morgan fingerprint density at radius 3 is 2.85 bits per heavy atom. The third kappa shape index (κ3) is 2.82. The third-order valence-electron chi connectivity index (χ3n) is 4.12. The van der Waals surface area contributed by atoms with Gasteiger partial charge in [0.15, 0.2) is 21.9 Å². The zero-order valence-electron chi connectivity index (χ0n) is 14.6. The van der Waals surface area contributed by atoms with Crippen molar-refractivity contribution in [1.29, 1.82) is 0 Å². The van der Waals surface area contributed by atoms with Crippen LogP contribution in [0.5, 0.6) is 5.75 Å². The van der Waals surface area contributed by atoms with Crippen LogP contribution in [-0.4, -0.2) is 17.1 Å². The number of rotatable bonds is 4. The lowest BCUT2D eigenvalue weighted by Crippen LogP contribution is -2.15. The minimum atomic E-state index is -0.391. The van der Waals surface area contributed by atoms with Gasteiger partial charge in [-0.1, -0.05) is 35.6 Å². The highest BCUT2D eigenvalue weighted by Gasteiger charge is 2.15. The van der Waals surface area contributed by atoms with Gasteiger partial charge in [-0.2, -0.15) is 4.99 Å². The summed E-state index contributed by atoms with van der Waals surface area (Å²) in [5, 5.41) is 0.828. The number of aromatic nitrogens is 1. The van der Waals surface area contributed by atoms with E-state index < -0.39 is 5.91 Å². The van der Waals surface area contributed by atoms with Crippen molar-refractivity contribution in [2.45, 2.75) is 20.4 Å². The summed E-state index contributed by atoms with van der Waals surface area (Å²) >= 11 is 1.50. The first-order valence-corrected chi connectivity index (χ1v) is 9.35. The van der Waals surface area contributed by atoms with Crippen molar-refractivity contribution in [2.24, 2.45) is 4.99 Å². The Morgan fingerprint density at radius 1 is 1.19 bits per heavy atom. The third-order valence-corrected chi connectivity index (χ3v) is 5.18. The van der Waals surface area contributed by atoms with Crippen LogP contribution >= 0.6 is 11.3 Å². The van der Waals surface area contributed by atoms with Crippen LogP contribution in [0.25, 0.3) is 21.2 Å². The molecule has 2 heterocycles. The van der Waals surface area contributed by atoms with Crippen molar-refractivity contribution in [1.82, 2.24) is 4.57 Å². The fourth-order valence-electron chi connectivity index (χ4n) is 2.96. The monoisotopic (exact) mass is 366 g/mol. The number of aryl methyl sites for hydroxylation is 1. The van der Waals surface area contributed by atoms with Gasteiger partial charge in [-0.25, -0.2) is 0 Å². The minimum absolute atomic E-state index is 0.215. The second-order valence-electron chi connectivity index (χ2n) is 5.73. The van der Waals surface area contributed by atoms with Crippen molar-refractivity contribution < 1.29 is 13.9 Å². The number of carbonyl (C=O) groups is 1. The molecule has 0 unspecified atom stereocenters. The summed E-state index contributed by atoms with van der Waals surface area (Å²) in [5.41, 5.74) is 1.65. The van der Waals surface area contributed by atoms with Crippen LogP contribution in [0.3, 0.4) is 0 Å². The number of furan rings is 1. The van der Waals surface area contributed by atoms with Crippen LogP contribution in [0, 0.1) is 0 Å². The predicted molar refractivity (Wildman–Crippen MR) is 103 cm³/mol. The molecular weight excluding hydrogens is 348 g/mol. The largest absolute Gasteiger partial charge is 0.490 e. The van der Waals surface area contributed by atoms with E-state index in [1.165, 1.54) is 11.3 Å². The van der Waals surface area contributed by atoms with E-state index in [2.05, 4.69) is 4.99 Å². The van der Waals surface area contributed by atoms with Gasteiger partial charge in [-0.05, 0) is 38.1 Å². The Labute approximate surface area is 154 Å². The van der Waals surface area contributed by atoms with Crippen LogP contribution in [0.15, 0.2) is 57.9 Å². The highest BCUT2D eigenvalue weighted by molar-refractivity contribution is 7.16. The zero-order chi connectivity index (χ0) is 18.1. The summed E-state index contributed by atoms with van der Waals surface area (Å²) in [6, 6.07) is 15.4. The molecule has 5 nitrogen and oxygen atoms in total. The maximum absolute atomic E-state index is 12.7. The van der Waals surface area contributed by atoms with Gasteiger partial charge in [0, 0.05) is 11.9 Å². The summed E-state index contributed by atoms with van der Waals surface area (Å²) in [6.45, 7) is 5.23. The molecule has 0 aliphatic rings. The lowest BCUT2D eigenvalue weighted by atomic mass is 10.2. The zero-order valence-corrected chi connectivity index (χ0v) is 15.4. The summed E-state index contributed by atoms with van der Waals surface area (Å²) in [4.78, 5) is 17.7. The van der Waals surface area contributed by atoms with Gasteiger partial charge in [0.25, 0.3) is 0 Å². The molecule has 2 aromatic heterocycles. The molecule has 26 heavy (non-hydrogen) atoms. The first kappa shape index (κ1) is 16.6. The Hall–Kier alpha value is -2.86. The van der Waals surface area contributed by atoms with Crippen molar-refractivity contribution in [3.63, 3.8) is 0 Å². The van der Waals surface area contributed by atoms with Gasteiger partial charge in [0.1, 0.15) is 0 Å². The molecule has 0 saturated carbocycles. The van der Waals surface area contributed by atoms with E-state index in [1.54, 1.807) is 6.07 Å². The van der Waals surface area contributed by atoms with Crippen molar-refractivity contribution in [2.75, 3.05) is 6.61 Å². The Balaban J connectivity index is 1.80. The molecule has 0 fully saturated rings. The molecule has 0 aliphatic heterocycles. The Morgan fingerprint density at radius 2 is 2.04 bits per heavy atom. The fraction of sp³-hybridized carbons (Fsp3) is 0.200. The highest BCUT2D eigenvalue weighted by atomic mass is 32.1. The number of fused-ring (bicyclic) bond motifs is 2. The molecule has 6 heteroatoms. The molecule has 0 aliphatic carbocycles. The average Bonchev–Trinajstić information content (AvgIpc) is 3.23. The maximum Gasteiger partial charge on any atom is 0.315 e. The molecule has 2 aromatic carbocycles. The summed E-state index contributed by atoms with van der Waals surface area (Å²) < 4.78 is 14.5. The van der Waals surface area contributed by atoms with Gasteiger partial charge in [-0.15, -0.1) is 0 Å². The lowest BCUT2D eigenvalue weighted by molar-refractivity contribution is 0.0973. The van der Waals surface area contributed by atoms with E-state index in [0.717, 1.165) is 22.1 Å². The van der Waals surface area contributed by atoms with Crippen molar-refractivity contribution in [3.05, 3.63) is 59.1 Å². The number of ether oxygens (including phenoxy) is 1. The number of hydrogen-bond donors (Lipinski definition) is 0. The van der Waals surface area contributed by atoms with Crippen LogP contribution in [-0.2, 0) is 6.54 Å². The molecule has 0 spiro atoms. The van der Waals surface area contributed by atoms with Gasteiger partial charge in [0.05, 0.1) is 16.8 Å². The minimum Gasteiger partial charge on any atom is -0.490 e. The average molecular weight is 366 g/mol. The number of nitrogens with zero attached hydrogens (tertiary/aromatic N) is 2. The van der Waals surface area contributed by atoms with Crippen LogP contribution in [0.2, 0.25) is 0 Å². The van der Waals surface area contributed by atoms with E-state index >= 15 is 0 Å². The van der Waals surface area contributed by atoms with Gasteiger partial charge >= 0.3 is 5.91 Å². The second-order valence-corrected chi connectivity index (χ2v) is 6.74. The van der Waals surface area contributed by atoms with E-state index in [-0.39, 0.29) is 5.76 Å². The molecule has 0 saturated heterocycles. The first-order chi connectivity index (χ1) is 12.7. The number of para-hydroxylation sites is 2. The topological polar surface area (TPSA) is 56.7 Å². The number of amides is 1. The molecule has 0 bridgehead atoms. The summed E-state index contributed by atoms with van der Waals surface area (Å²) in [7, 11) is 0. The Kier molecular flexibility index (Phi) is 4.34. The predicted octanol–water partition coefficient (Wildman–Crippen LogP) is 4.61. The maximum atomic E-state index is 12.7. The molecule has 1 amide bonds. The molecular formula is C20H18N2O3S. The molecule has 0 N–H and O–H groups in total. The summed E-state index contributed by atoms with van der Waals surface area (Å²) in [6.07, 6.45) is 0. The smallest absolute Gasteiger partial charge is 0.315 e. The number of hydrogen-bond acceptors (Lipinski definition) is 4. The number of carbonyl (C=O) groups excluding carboxylic acids is 1. The second kappa shape index (κ2) is 6.80. The van der Waals surface area contributed by atoms with Crippen LogP contribution in [0.1, 0.15) is 24.4 Å². The number of benzene rings is 2. The first-order valence-electron chi connectivity index (χ1n) is 8.54. The van der Waals surface area contributed by atoms with E-state index in [4.69, 9.17) is 9.15 Å². The Bertz CT molecular complexity index is 1170. The van der Waals surface area contributed by atoms with Crippen LogP contribution in [0.4, 0.5) is 0 Å². The normalized spacial score (nSPS) is 12.2. The molecule has 4 aromatic rings. The fourth-order valence-corrected chi connectivity index (χ4v) is 4.06. The van der Waals surface area contributed by atoms with E-state index in [1.807, 2.05) is 60.9 Å². The van der Waals surface area contributed by atoms with E-state index in [9.17, 15) is 4.79 Å².